The molecule has 2 aromatic carbocycles. The van der Waals surface area contributed by atoms with Crippen molar-refractivity contribution in [2.75, 3.05) is 0 Å². The van der Waals surface area contributed by atoms with Crippen LogP contribution in [0.2, 0.25) is 0 Å². The van der Waals surface area contributed by atoms with Crippen LogP contribution < -0.4 is 5.32 Å². The second-order valence-electron chi connectivity index (χ2n) is 8.92. The van der Waals surface area contributed by atoms with Gasteiger partial charge < -0.3 is 9.73 Å². The molecule has 1 amide bonds. The van der Waals surface area contributed by atoms with Crippen molar-refractivity contribution in [2.45, 2.75) is 71.3 Å². The number of carbonyl (C=O) groups excluding carboxylic acids is 1. The van der Waals surface area contributed by atoms with E-state index in [0.29, 0.717) is 24.7 Å². The highest BCUT2D eigenvalue weighted by Crippen LogP contribution is 2.26. The van der Waals surface area contributed by atoms with Crippen LogP contribution in [0.3, 0.4) is 0 Å². The van der Waals surface area contributed by atoms with E-state index in [1.165, 1.54) is 41.5 Å². The molecule has 0 bridgehead atoms. The fourth-order valence-electron chi connectivity index (χ4n) is 4.23. The van der Waals surface area contributed by atoms with Crippen LogP contribution in [0.4, 0.5) is 0 Å². The number of hydrogen-bond donors (Lipinski definition) is 1. The molecule has 3 aromatic rings. The highest BCUT2D eigenvalue weighted by molar-refractivity contribution is 5.76. The molecule has 0 saturated heterocycles. The van der Waals surface area contributed by atoms with Crippen molar-refractivity contribution in [1.82, 2.24) is 10.3 Å². The van der Waals surface area contributed by atoms with E-state index in [0.717, 1.165) is 17.7 Å². The topological polar surface area (TPSA) is 55.1 Å². The number of amides is 1. The predicted molar refractivity (Wildman–Crippen MR) is 124 cm³/mol. The summed E-state index contributed by atoms with van der Waals surface area (Å²) in [4.78, 5) is 16.8. The molecule has 0 spiro atoms. The molecule has 1 N–H and O–H groups in total. The van der Waals surface area contributed by atoms with E-state index in [2.05, 4.69) is 66.6 Å². The van der Waals surface area contributed by atoms with Gasteiger partial charge in [0.05, 0.1) is 12.2 Å². The largest absolute Gasteiger partial charge is 0.441 e. The van der Waals surface area contributed by atoms with Crippen LogP contribution in [0.25, 0.3) is 11.3 Å². The third-order valence-corrected chi connectivity index (χ3v) is 6.23. The lowest BCUT2D eigenvalue weighted by Gasteiger charge is -2.20. The maximum Gasteiger partial charge on any atom is 0.220 e. The predicted octanol–water partition coefficient (Wildman–Crippen LogP) is 6.15. The summed E-state index contributed by atoms with van der Waals surface area (Å²) in [5.41, 5.74) is 6.39. The third-order valence-electron chi connectivity index (χ3n) is 6.23. The van der Waals surface area contributed by atoms with E-state index in [4.69, 9.17) is 4.42 Å². The smallest absolute Gasteiger partial charge is 0.220 e. The van der Waals surface area contributed by atoms with E-state index in [1.807, 2.05) is 6.92 Å². The average Bonchev–Trinajstić information content (AvgIpc) is 3.26. The van der Waals surface area contributed by atoms with E-state index >= 15 is 0 Å². The number of hydrogen-bond acceptors (Lipinski definition) is 3. The third kappa shape index (κ3) is 5.25. The Morgan fingerprint density at radius 1 is 1.00 bits per heavy atom. The number of rotatable bonds is 7. The van der Waals surface area contributed by atoms with Gasteiger partial charge in [-0.1, -0.05) is 56.3 Å². The van der Waals surface area contributed by atoms with E-state index in [-0.39, 0.29) is 11.9 Å². The Morgan fingerprint density at radius 3 is 2.45 bits per heavy atom. The molecule has 1 atom stereocenters. The summed E-state index contributed by atoms with van der Waals surface area (Å²) in [6, 6.07) is 15.0. The average molecular weight is 417 g/mol. The van der Waals surface area contributed by atoms with Crippen molar-refractivity contribution < 1.29 is 9.21 Å². The standard InChI is InChI=1S/C27H32N2O2/c1-18(2)20-8-11-22(12-9-20)25-17-28-27(31-25)15-14-26(30)29-19(3)23-13-10-21-6-4-5-7-24(21)16-23/h8-13,16-19H,4-7,14-15H2,1-3H3,(H,29,30). The summed E-state index contributed by atoms with van der Waals surface area (Å²) >= 11 is 0. The number of carbonyl (C=O) groups is 1. The molecule has 1 unspecified atom stereocenters. The van der Waals surface area contributed by atoms with Crippen molar-refractivity contribution in [3.63, 3.8) is 0 Å². The Labute approximate surface area is 185 Å². The van der Waals surface area contributed by atoms with Crippen molar-refractivity contribution in [1.29, 1.82) is 0 Å². The van der Waals surface area contributed by atoms with Crippen LogP contribution in [-0.2, 0) is 24.1 Å². The molecule has 1 aliphatic carbocycles. The van der Waals surface area contributed by atoms with Gasteiger partial charge in [-0.3, -0.25) is 4.79 Å². The number of aromatic nitrogens is 1. The molecule has 1 aliphatic rings. The first-order valence-corrected chi connectivity index (χ1v) is 11.5. The van der Waals surface area contributed by atoms with Crippen LogP contribution in [0.15, 0.2) is 53.1 Å². The number of oxazole rings is 1. The Hall–Kier alpha value is -2.88. The van der Waals surface area contributed by atoms with Crippen LogP contribution in [0.5, 0.6) is 0 Å². The zero-order valence-corrected chi connectivity index (χ0v) is 18.8. The second-order valence-corrected chi connectivity index (χ2v) is 8.92. The molecule has 1 heterocycles. The summed E-state index contributed by atoms with van der Waals surface area (Å²) in [7, 11) is 0. The van der Waals surface area contributed by atoms with Gasteiger partial charge in [0.15, 0.2) is 11.7 Å². The lowest BCUT2D eigenvalue weighted by atomic mass is 9.89. The number of aryl methyl sites for hydroxylation is 3. The minimum Gasteiger partial charge on any atom is -0.441 e. The van der Waals surface area contributed by atoms with Gasteiger partial charge in [0.1, 0.15) is 0 Å². The quantitative estimate of drug-likeness (QED) is 0.502. The van der Waals surface area contributed by atoms with Crippen LogP contribution >= 0.6 is 0 Å². The van der Waals surface area contributed by atoms with Gasteiger partial charge in [0.25, 0.3) is 0 Å². The minimum atomic E-state index is -0.000630. The SMILES string of the molecule is CC(C)c1ccc(-c2cnc(CCC(=O)NC(C)c3ccc4c(c3)CCCC4)o2)cc1. The first-order valence-electron chi connectivity index (χ1n) is 11.5. The fourth-order valence-corrected chi connectivity index (χ4v) is 4.23. The van der Waals surface area contributed by atoms with E-state index < -0.39 is 0 Å². The van der Waals surface area contributed by atoms with Crippen LogP contribution in [-0.4, -0.2) is 10.9 Å². The van der Waals surface area contributed by atoms with Gasteiger partial charge in [-0.05, 0) is 60.8 Å². The summed E-state index contributed by atoms with van der Waals surface area (Å²) in [5.74, 6) is 1.86. The summed E-state index contributed by atoms with van der Waals surface area (Å²) in [6.45, 7) is 6.41. The molecule has 162 valence electrons. The summed E-state index contributed by atoms with van der Waals surface area (Å²) < 4.78 is 5.88. The zero-order valence-electron chi connectivity index (χ0n) is 18.8. The molecule has 0 fully saturated rings. The first kappa shape index (κ1) is 21.4. The maximum absolute atomic E-state index is 12.5. The second kappa shape index (κ2) is 9.51. The number of benzene rings is 2. The zero-order chi connectivity index (χ0) is 21.8. The van der Waals surface area contributed by atoms with Gasteiger partial charge >= 0.3 is 0 Å². The van der Waals surface area contributed by atoms with Gasteiger partial charge in [0, 0.05) is 18.4 Å². The van der Waals surface area contributed by atoms with Crippen LogP contribution in [0, 0.1) is 0 Å². The summed E-state index contributed by atoms with van der Waals surface area (Å²) in [5, 5.41) is 3.12. The van der Waals surface area contributed by atoms with Gasteiger partial charge in [-0.25, -0.2) is 4.98 Å². The van der Waals surface area contributed by atoms with Crippen molar-refractivity contribution in [2.24, 2.45) is 0 Å². The highest BCUT2D eigenvalue weighted by Gasteiger charge is 2.15. The lowest BCUT2D eigenvalue weighted by molar-refractivity contribution is -0.121. The number of nitrogens with zero attached hydrogens (tertiary/aromatic N) is 1. The molecule has 31 heavy (non-hydrogen) atoms. The Kier molecular flexibility index (Phi) is 6.55. The number of nitrogens with one attached hydrogen (secondary N) is 1. The lowest BCUT2D eigenvalue weighted by Crippen LogP contribution is -2.27. The Balaban J connectivity index is 1.31. The molecule has 4 nitrogen and oxygen atoms in total. The fraction of sp³-hybridized carbons (Fsp3) is 0.407. The van der Waals surface area contributed by atoms with Crippen molar-refractivity contribution in [3.05, 3.63) is 76.8 Å². The monoisotopic (exact) mass is 416 g/mol. The van der Waals surface area contributed by atoms with Crippen molar-refractivity contribution >= 4 is 5.91 Å². The molecular formula is C27H32N2O2. The van der Waals surface area contributed by atoms with Crippen LogP contribution in [0.1, 0.15) is 80.1 Å². The van der Waals surface area contributed by atoms with Gasteiger partial charge in [-0.2, -0.15) is 0 Å². The van der Waals surface area contributed by atoms with Gasteiger partial charge in [-0.15, -0.1) is 0 Å². The van der Waals surface area contributed by atoms with Crippen molar-refractivity contribution in [3.8, 4) is 11.3 Å². The maximum atomic E-state index is 12.5. The molecule has 1 aromatic heterocycles. The molecule has 4 heteroatoms. The molecule has 4 rings (SSSR count). The van der Waals surface area contributed by atoms with E-state index in [1.54, 1.807) is 6.20 Å². The Morgan fingerprint density at radius 2 is 1.71 bits per heavy atom. The van der Waals surface area contributed by atoms with E-state index in [9.17, 15) is 4.79 Å². The Bertz CT molecular complexity index is 1030. The molecule has 0 aliphatic heterocycles. The highest BCUT2D eigenvalue weighted by atomic mass is 16.4. The normalized spacial score (nSPS) is 14.3. The minimum absolute atomic E-state index is 0.000630. The first-order chi connectivity index (χ1) is 15.0. The van der Waals surface area contributed by atoms with Gasteiger partial charge in [0.2, 0.25) is 5.91 Å². The molecule has 0 saturated carbocycles. The molecule has 0 radical (unpaired) electrons. The molecular weight excluding hydrogens is 384 g/mol. The number of fused-ring (bicyclic) bond motifs is 1. The summed E-state index contributed by atoms with van der Waals surface area (Å²) in [6.07, 6.45) is 7.47.